The van der Waals surface area contributed by atoms with Crippen molar-refractivity contribution >= 4 is 11.6 Å². The molecule has 5 heteroatoms. The molecular weight excluding hydrogens is 314 g/mol. The fraction of sp³-hybridized carbons (Fsp3) is 0.400. The van der Waals surface area contributed by atoms with Crippen LogP contribution in [0.5, 0.6) is 5.75 Å². The number of pyridine rings is 1. The van der Waals surface area contributed by atoms with Crippen molar-refractivity contribution in [3.05, 3.63) is 53.9 Å². The van der Waals surface area contributed by atoms with E-state index in [2.05, 4.69) is 35.5 Å². The fourth-order valence-corrected chi connectivity index (χ4v) is 2.41. The maximum absolute atomic E-state index is 12.1. The first-order valence-corrected chi connectivity index (χ1v) is 8.69. The minimum Gasteiger partial charge on any atom is -0.497 e. The molecule has 0 aliphatic rings. The zero-order valence-corrected chi connectivity index (χ0v) is 15.2. The highest BCUT2D eigenvalue weighted by atomic mass is 16.5. The van der Waals surface area contributed by atoms with Gasteiger partial charge in [0.15, 0.2) is 0 Å². The van der Waals surface area contributed by atoms with Crippen molar-refractivity contribution in [2.45, 2.75) is 26.7 Å². The first-order chi connectivity index (χ1) is 12.1. The van der Waals surface area contributed by atoms with E-state index in [4.69, 9.17) is 4.74 Å². The highest BCUT2D eigenvalue weighted by Gasteiger charge is 2.07. The molecule has 0 spiro atoms. The number of carbonyl (C=O) groups is 1. The summed E-state index contributed by atoms with van der Waals surface area (Å²) in [5.74, 6) is 1.30. The Morgan fingerprint density at radius 2 is 2.04 bits per heavy atom. The molecule has 134 valence electrons. The van der Waals surface area contributed by atoms with Crippen molar-refractivity contribution < 1.29 is 9.53 Å². The van der Waals surface area contributed by atoms with Crippen LogP contribution in [0.15, 0.2) is 42.6 Å². The van der Waals surface area contributed by atoms with Crippen LogP contribution in [0.1, 0.15) is 36.3 Å². The van der Waals surface area contributed by atoms with Crippen LogP contribution < -0.4 is 15.4 Å². The molecule has 0 aliphatic carbocycles. The Kier molecular flexibility index (Phi) is 7.26. The standard InChI is InChI=1S/C20H27N3O2/c1-15(2)7-10-23-20(24)19-14-17(9-12-22-19)21-11-8-16-5-4-6-18(13-16)25-3/h4-6,9,12-15H,7-8,10-11H2,1-3H3,(H,21,22)(H,23,24). The molecule has 5 nitrogen and oxygen atoms in total. The molecule has 2 rings (SSSR count). The number of amides is 1. The number of rotatable bonds is 9. The summed E-state index contributed by atoms with van der Waals surface area (Å²) < 4.78 is 5.24. The van der Waals surface area contributed by atoms with Crippen LogP contribution in [-0.2, 0) is 6.42 Å². The van der Waals surface area contributed by atoms with E-state index < -0.39 is 0 Å². The summed E-state index contributed by atoms with van der Waals surface area (Å²) in [6, 6.07) is 11.7. The van der Waals surface area contributed by atoms with Gasteiger partial charge in [0.25, 0.3) is 5.91 Å². The van der Waals surface area contributed by atoms with Crippen molar-refractivity contribution in [3.8, 4) is 5.75 Å². The third kappa shape index (κ3) is 6.45. The van der Waals surface area contributed by atoms with Crippen molar-refractivity contribution in [3.63, 3.8) is 0 Å². The van der Waals surface area contributed by atoms with Crippen LogP contribution in [0.3, 0.4) is 0 Å². The number of nitrogens with one attached hydrogen (secondary N) is 2. The Morgan fingerprint density at radius 1 is 1.20 bits per heavy atom. The van der Waals surface area contributed by atoms with Crippen LogP contribution in [0.2, 0.25) is 0 Å². The third-order valence-electron chi connectivity index (χ3n) is 3.88. The maximum atomic E-state index is 12.1. The molecule has 2 N–H and O–H groups in total. The van der Waals surface area contributed by atoms with Gasteiger partial charge in [-0.3, -0.25) is 9.78 Å². The molecule has 1 aromatic heterocycles. The van der Waals surface area contributed by atoms with Crippen molar-refractivity contribution in [1.82, 2.24) is 10.3 Å². The highest BCUT2D eigenvalue weighted by Crippen LogP contribution is 2.14. The Balaban J connectivity index is 1.85. The summed E-state index contributed by atoms with van der Waals surface area (Å²) in [7, 11) is 1.67. The van der Waals surface area contributed by atoms with Crippen LogP contribution in [-0.4, -0.2) is 31.1 Å². The molecular formula is C20H27N3O2. The van der Waals surface area contributed by atoms with E-state index >= 15 is 0 Å². The van der Waals surface area contributed by atoms with Crippen molar-refractivity contribution in [2.75, 3.05) is 25.5 Å². The summed E-state index contributed by atoms with van der Waals surface area (Å²) in [6.45, 7) is 5.71. The predicted octanol–water partition coefficient (Wildman–Crippen LogP) is 3.52. The van der Waals surface area contributed by atoms with Crippen LogP contribution >= 0.6 is 0 Å². The topological polar surface area (TPSA) is 63.2 Å². The molecule has 0 saturated carbocycles. The summed E-state index contributed by atoms with van der Waals surface area (Å²) in [6.07, 6.45) is 3.49. The van der Waals surface area contributed by atoms with Gasteiger partial charge in [0.05, 0.1) is 7.11 Å². The SMILES string of the molecule is COc1cccc(CCNc2ccnc(C(=O)NCCC(C)C)c2)c1. The predicted molar refractivity (Wildman–Crippen MR) is 101 cm³/mol. The van der Waals surface area contributed by atoms with Gasteiger partial charge in [-0.05, 0) is 48.6 Å². The smallest absolute Gasteiger partial charge is 0.269 e. The number of carbonyl (C=O) groups excluding carboxylic acids is 1. The molecule has 1 aromatic carbocycles. The van der Waals surface area contributed by atoms with E-state index in [0.717, 1.165) is 30.8 Å². The maximum Gasteiger partial charge on any atom is 0.269 e. The molecule has 0 atom stereocenters. The first-order valence-electron chi connectivity index (χ1n) is 8.69. The summed E-state index contributed by atoms with van der Waals surface area (Å²) in [5.41, 5.74) is 2.54. The van der Waals surface area contributed by atoms with Crippen LogP contribution in [0.25, 0.3) is 0 Å². The lowest BCUT2D eigenvalue weighted by Gasteiger charge is -2.10. The Hall–Kier alpha value is -2.56. The lowest BCUT2D eigenvalue weighted by atomic mass is 10.1. The average Bonchev–Trinajstić information content (AvgIpc) is 2.62. The Morgan fingerprint density at radius 3 is 2.80 bits per heavy atom. The van der Waals surface area contributed by atoms with Crippen LogP contribution in [0, 0.1) is 5.92 Å². The number of ether oxygens (including phenoxy) is 1. The molecule has 0 saturated heterocycles. The fourth-order valence-electron chi connectivity index (χ4n) is 2.41. The molecule has 0 fully saturated rings. The van der Waals surface area contributed by atoms with Gasteiger partial charge in [-0.2, -0.15) is 0 Å². The number of hydrogen-bond acceptors (Lipinski definition) is 4. The monoisotopic (exact) mass is 341 g/mol. The van der Waals surface area contributed by atoms with Gasteiger partial charge in [-0.1, -0.05) is 26.0 Å². The molecule has 25 heavy (non-hydrogen) atoms. The number of aromatic nitrogens is 1. The second-order valence-corrected chi connectivity index (χ2v) is 6.40. The molecule has 0 bridgehead atoms. The lowest BCUT2D eigenvalue weighted by Crippen LogP contribution is -2.26. The zero-order chi connectivity index (χ0) is 18.1. The number of methoxy groups -OCH3 is 1. The highest BCUT2D eigenvalue weighted by molar-refractivity contribution is 5.93. The second kappa shape index (κ2) is 9.67. The number of anilines is 1. The van der Waals surface area contributed by atoms with E-state index in [1.807, 2.05) is 24.3 Å². The number of benzene rings is 1. The summed E-state index contributed by atoms with van der Waals surface area (Å²) >= 11 is 0. The van der Waals surface area contributed by atoms with Gasteiger partial charge in [0.2, 0.25) is 0 Å². The number of nitrogens with zero attached hydrogens (tertiary/aromatic N) is 1. The second-order valence-electron chi connectivity index (χ2n) is 6.40. The lowest BCUT2D eigenvalue weighted by molar-refractivity contribution is 0.0947. The molecule has 0 unspecified atom stereocenters. The number of hydrogen-bond donors (Lipinski definition) is 2. The Bertz CT molecular complexity index is 686. The van der Waals surface area contributed by atoms with E-state index in [1.165, 1.54) is 5.56 Å². The Labute approximate surface area is 149 Å². The van der Waals surface area contributed by atoms with E-state index in [-0.39, 0.29) is 5.91 Å². The van der Waals surface area contributed by atoms with Gasteiger partial charge in [0.1, 0.15) is 11.4 Å². The van der Waals surface area contributed by atoms with E-state index in [1.54, 1.807) is 19.4 Å². The van der Waals surface area contributed by atoms with Gasteiger partial charge < -0.3 is 15.4 Å². The molecule has 0 radical (unpaired) electrons. The van der Waals surface area contributed by atoms with Gasteiger partial charge in [0, 0.05) is 25.0 Å². The first kappa shape index (κ1) is 18.8. The van der Waals surface area contributed by atoms with Gasteiger partial charge >= 0.3 is 0 Å². The van der Waals surface area contributed by atoms with E-state index in [0.29, 0.717) is 18.2 Å². The minimum absolute atomic E-state index is 0.128. The van der Waals surface area contributed by atoms with Crippen molar-refractivity contribution in [2.24, 2.45) is 5.92 Å². The summed E-state index contributed by atoms with van der Waals surface area (Å²) in [4.78, 5) is 16.3. The van der Waals surface area contributed by atoms with Gasteiger partial charge in [-0.25, -0.2) is 0 Å². The molecule has 2 aromatic rings. The van der Waals surface area contributed by atoms with E-state index in [9.17, 15) is 4.79 Å². The van der Waals surface area contributed by atoms with Crippen LogP contribution in [0.4, 0.5) is 5.69 Å². The third-order valence-corrected chi connectivity index (χ3v) is 3.88. The molecule has 1 amide bonds. The van der Waals surface area contributed by atoms with Crippen molar-refractivity contribution in [1.29, 1.82) is 0 Å². The van der Waals surface area contributed by atoms with Gasteiger partial charge in [-0.15, -0.1) is 0 Å². The normalized spacial score (nSPS) is 10.6. The molecule has 1 heterocycles. The average molecular weight is 341 g/mol. The summed E-state index contributed by atoms with van der Waals surface area (Å²) in [5, 5.41) is 6.25. The zero-order valence-electron chi connectivity index (χ0n) is 15.2. The molecule has 0 aliphatic heterocycles. The quantitative estimate of drug-likeness (QED) is 0.732. The largest absolute Gasteiger partial charge is 0.497 e. The minimum atomic E-state index is -0.128.